The Hall–Kier alpha value is -1.61. The van der Waals surface area contributed by atoms with Gasteiger partial charge in [-0.25, -0.2) is 0 Å². The van der Waals surface area contributed by atoms with Gasteiger partial charge in [-0.15, -0.1) is 11.8 Å². The van der Waals surface area contributed by atoms with E-state index in [0.717, 1.165) is 17.3 Å². The molecule has 0 bridgehead atoms. The zero-order valence-electron chi connectivity index (χ0n) is 11.5. The molecule has 0 aliphatic heterocycles. The van der Waals surface area contributed by atoms with E-state index in [0.29, 0.717) is 0 Å². The van der Waals surface area contributed by atoms with Crippen LogP contribution in [0.5, 0.6) is 11.5 Å². The van der Waals surface area contributed by atoms with Crippen LogP contribution in [0.1, 0.15) is 11.1 Å². The Morgan fingerprint density at radius 3 is 2.26 bits per heavy atom. The monoisotopic (exact) mass is 274 g/mol. The molecule has 3 heteroatoms. The van der Waals surface area contributed by atoms with Crippen molar-refractivity contribution >= 4 is 11.8 Å². The Morgan fingerprint density at radius 1 is 0.947 bits per heavy atom. The molecule has 100 valence electrons. The van der Waals surface area contributed by atoms with E-state index >= 15 is 0 Å². The minimum atomic E-state index is 0.897. The van der Waals surface area contributed by atoms with Crippen molar-refractivity contribution < 1.29 is 9.47 Å². The van der Waals surface area contributed by atoms with Crippen molar-refractivity contribution in [3.63, 3.8) is 0 Å². The molecular formula is C16H18O2S. The van der Waals surface area contributed by atoms with Crippen LogP contribution in [-0.4, -0.2) is 14.2 Å². The first-order valence-corrected chi connectivity index (χ1v) is 7.12. The second-order valence-corrected chi connectivity index (χ2v) is 5.32. The van der Waals surface area contributed by atoms with Crippen molar-refractivity contribution in [2.75, 3.05) is 14.2 Å². The molecule has 0 aliphatic carbocycles. The van der Waals surface area contributed by atoms with E-state index in [2.05, 4.69) is 31.2 Å². The molecule has 0 saturated heterocycles. The third-order valence-corrected chi connectivity index (χ3v) is 4.00. The Kier molecular flexibility index (Phi) is 4.74. The van der Waals surface area contributed by atoms with Crippen LogP contribution in [-0.2, 0) is 5.75 Å². The summed E-state index contributed by atoms with van der Waals surface area (Å²) in [7, 11) is 3.39. The van der Waals surface area contributed by atoms with Crippen LogP contribution in [0.4, 0.5) is 0 Å². The standard InChI is InChI=1S/C16H18O2S/c1-12-10-15(8-9-16(12)18-3)19-11-13-4-6-14(17-2)7-5-13/h4-10H,11H2,1-3H3. The van der Waals surface area contributed by atoms with Gasteiger partial charge in [0.25, 0.3) is 0 Å². The average molecular weight is 274 g/mol. The minimum Gasteiger partial charge on any atom is -0.497 e. The Bertz CT molecular complexity index is 535. The van der Waals surface area contributed by atoms with E-state index in [1.165, 1.54) is 16.0 Å². The third kappa shape index (κ3) is 3.67. The first-order chi connectivity index (χ1) is 9.22. The van der Waals surface area contributed by atoms with Gasteiger partial charge in [0, 0.05) is 10.6 Å². The summed E-state index contributed by atoms with van der Waals surface area (Å²) in [5, 5.41) is 0. The smallest absolute Gasteiger partial charge is 0.121 e. The number of hydrogen-bond donors (Lipinski definition) is 0. The normalized spacial score (nSPS) is 10.3. The van der Waals surface area contributed by atoms with Crippen molar-refractivity contribution in [1.82, 2.24) is 0 Å². The van der Waals surface area contributed by atoms with Crippen LogP contribution < -0.4 is 9.47 Å². The van der Waals surface area contributed by atoms with E-state index in [4.69, 9.17) is 9.47 Å². The Morgan fingerprint density at radius 2 is 1.68 bits per heavy atom. The molecule has 0 N–H and O–H groups in total. The molecular weight excluding hydrogens is 256 g/mol. The SMILES string of the molecule is COc1ccc(CSc2ccc(OC)c(C)c2)cc1. The summed E-state index contributed by atoms with van der Waals surface area (Å²) in [6, 6.07) is 14.5. The van der Waals surface area contributed by atoms with Crippen LogP contribution in [0.2, 0.25) is 0 Å². The predicted octanol–water partition coefficient (Wildman–Crippen LogP) is 4.30. The fourth-order valence-corrected chi connectivity index (χ4v) is 2.78. The highest BCUT2D eigenvalue weighted by molar-refractivity contribution is 7.98. The van der Waals surface area contributed by atoms with E-state index in [-0.39, 0.29) is 0 Å². The number of benzene rings is 2. The van der Waals surface area contributed by atoms with Crippen molar-refractivity contribution in [2.45, 2.75) is 17.6 Å². The molecule has 0 saturated carbocycles. The molecule has 0 amide bonds. The minimum absolute atomic E-state index is 0.897. The van der Waals surface area contributed by atoms with Gasteiger partial charge in [-0.2, -0.15) is 0 Å². The summed E-state index contributed by atoms with van der Waals surface area (Å²) >= 11 is 1.82. The topological polar surface area (TPSA) is 18.5 Å². The highest BCUT2D eigenvalue weighted by Crippen LogP contribution is 2.28. The molecule has 0 aromatic heterocycles. The number of hydrogen-bond acceptors (Lipinski definition) is 3. The molecule has 2 rings (SSSR count). The summed E-state index contributed by atoms with van der Waals surface area (Å²) < 4.78 is 10.4. The predicted molar refractivity (Wildman–Crippen MR) is 80.3 cm³/mol. The van der Waals surface area contributed by atoms with E-state index in [1.54, 1.807) is 14.2 Å². The quantitative estimate of drug-likeness (QED) is 0.757. The van der Waals surface area contributed by atoms with Gasteiger partial charge in [-0.1, -0.05) is 12.1 Å². The van der Waals surface area contributed by atoms with Gasteiger partial charge in [-0.3, -0.25) is 0 Å². The van der Waals surface area contributed by atoms with Gasteiger partial charge in [0.2, 0.25) is 0 Å². The van der Waals surface area contributed by atoms with E-state index in [9.17, 15) is 0 Å². The molecule has 2 aromatic rings. The fraction of sp³-hybridized carbons (Fsp3) is 0.250. The lowest BCUT2D eigenvalue weighted by atomic mass is 10.2. The summed E-state index contributed by atoms with van der Waals surface area (Å²) in [4.78, 5) is 1.26. The van der Waals surface area contributed by atoms with Crippen LogP contribution in [0, 0.1) is 6.92 Å². The van der Waals surface area contributed by atoms with Crippen LogP contribution in [0.3, 0.4) is 0 Å². The maximum absolute atomic E-state index is 5.27. The van der Waals surface area contributed by atoms with Crippen LogP contribution >= 0.6 is 11.8 Å². The molecule has 0 atom stereocenters. The Labute approximate surface area is 118 Å². The molecule has 0 fully saturated rings. The lowest BCUT2D eigenvalue weighted by Crippen LogP contribution is -1.87. The van der Waals surface area contributed by atoms with Crippen molar-refractivity contribution in [2.24, 2.45) is 0 Å². The van der Waals surface area contributed by atoms with Gasteiger partial charge >= 0.3 is 0 Å². The van der Waals surface area contributed by atoms with Gasteiger partial charge in [-0.05, 0) is 48.4 Å². The summed E-state index contributed by atoms with van der Waals surface area (Å²) in [6.45, 7) is 2.07. The second-order valence-electron chi connectivity index (χ2n) is 4.27. The lowest BCUT2D eigenvalue weighted by molar-refractivity contribution is 0.411. The molecule has 0 heterocycles. The van der Waals surface area contributed by atoms with Crippen molar-refractivity contribution in [1.29, 1.82) is 0 Å². The fourth-order valence-electron chi connectivity index (χ4n) is 1.83. The molecule has 2 aromatic carbocycles. The van der Waals surface area contributed by atoms with Gasteiger partial charge in [0.05, 0.1) is 14.2 Å². The average Bonchev–Trinajstić information content (AvgIpc) is 2.46. The summed E-state index contributed by atoms with van der Waals surface area (Å²) in [5.41, 5.74) is 2.46. The number of aryl methyl sites for hydroxylation is 1. The Balaban J connectivity index is 1.99. The van der Waals surface area contributed by atoms with E-state index in [1.807, 2.05) is 30.0 Å². The largest absolute Gasteiger partial charge is 0.497 e. The van der Waals surface area contributed by atoms with Crippen LogP contribution in [0.15, 0.2) is 47.4 Å². The number of ether oxygens (including phenoxy) is 2. The van der Waals surface area contributed by atoms with Crippen molar-refractivity contribution in [3.05, 3.63) is 53.6 Å². The van der Waals surface area contributed by atoms with Gasteiger partial charge < -0.3 is 9.47 Å². The van der Waals surface area contributed by atoms with E-state index < -0.39 is 0 Å². The number of rotatable bonds is 5. The highest BCUT2D eigenvalue weighted by Gasteiger charge is 2.01. The van der Waals surface area contributed by atoms with Crippen molar-refractivity contribution in [3.8, 4) is 11.5 Å². The first-order valence-electron chi connectivity index (χ1n) is 6.13. The molecule has 19 heavy (non-hydrogen) atoms. The maximum atomic E-state index is 5.27. The molecule has 0 aliphatic rings. The zero-order valence-corrected chi connectivity index (χ0v) is 12.3. The summed E-state index contributed by atoms with van der Waals surface area (Å²) in [6.07, 6.45) is 0. The maximum Gasteiger partial charge on any atom is 0.121 e. The van der Waals surface area contributed by atoms with Gasteiger partial charge in [0.15, 0.2) is 0 Å². The number of methoxy groups -OCH3 is 2. The zero-order chi connectivity index (χ0) is 13.7. The van der Waals surface area contributed by atoms with Crippen LogP contribution in [0.25, 0.3) is 0 Å². The number of thioether (sulfide) groups is 1. The molecule has 0 spiro atoms. The second kappa shape index (κ2) is 6.53. The summed E-state index contributed by atoms with van der Waals surface area (Å²) in [5.74, 6) is 2.79. The highest BCUT2D eigenvalue weighted by atomic mass is 32.2. The molecule has 2 nitrogen and oxygen atoms in total. The lowest BCUT2D eigenvalue weighted by Gasteiger charge is -2.07. The third-order valence-electron chi connectivity index (χ3n) is 2.93. The molecule has 0 radical (unpaired) electrons. The molecule has 0 unspecified atom stereocenters. The van der Waals surface area contributed by atoms with Gasteiger partial charge in [0.1, 0.15) is 11.5 Å². The first kappa shape index (κ1) is 13.8.